The molecule has 0 unspecified atom stereocenters. The molecule has 1 aromatic rings. The topological polar surface area (TPSA) is 22.1 Å². The highest BCUT2D eigenvalue weighted by molar-refractivity contribution is 14.1. The largest absolute Gasteiger partial charge is 0.481 e. The summed E-state index contributed by atoms with van der Waals surface area (Å²) in [6, 6.07) is 0. The molecule has 0 amide bonds. The Morgan fingerprint density at radius 2 is 2.23 bits per heavy atom. The number of hydrogen-bond acceptors (Lipinski definition) is 2. The smallest absolute Gasteiger partial charge is 0.270 e. The molecule has 13 heavy (non-hydrogen) atoms. The normalized spacial score (nSPS) is 10.6. The summed E-state index contributed by atoms with van der Waals surface area (Å²) in [6.45, 7) is 0. The number of rotatable bonds is 2. The highest BCUT2D eigenvalue weighted by Gasteiger charge is 2.20. The molecule has 0 atom stereocenters. The minimum absolute atomic E-state index is 0.0395. The van der Waals surface area contributed by atoms with Crippen molar-refractivity contribution in [3.8, 4) is 5.88 Å². The van der Waals surface area contributed by atoms with Gasteiger partial charge in [-0.1, -0.05) is 0 Å². The summed E-state index contributed by atoms with van der Waals surface area (Å²) in [4.78, 5) is 3.74. The number of ether oxygens (including phenoxy) is 1. The molecule has 0 saturated carbocycles. The van der Waals surface area contributed by atoms with Gasteiger partial charge < -0.3 is 4.74 Å². The summed E-state index contributed by atoms with van der Waals surface area (Å²) in [5.41, 5.74) is -0.200. The van der Waals surface area contributed by atoms with E-state index in [1.54, 1.807) is 0 Å². The van der Waals surface area contributed by atoms with E-state index in [4.69, 9.17) is 4.74 Å². The summed E-state index contributed by atoms with van der Waals surface area (Å²) >= 11 is 4.98. The molecule has 1 rings (SSSR count). The Bertz CT molecular complexity index is 322. The molecule has 0 bridgehead atoms. The second kappa shape index (κ2) is 4.50. The van der Waals surface area contributed by atoms with Gasteiger partial charge in [0, 0.05) is 14.2 Å². The quantitative estimate of drug-likeness (QED) is 0.751. The van der Waals surface area contributed by atoms with Crippen molar-refractivity contribution < 1.29 is 13.5 Å². The van der Waals surface area contributed by atoms with Crippen molar-refractivity contribution in [3.63, 3.8) is 0 Å². The van der Waals surface area contributed by atoms with Gasteiger partial charge in [-0.15, -0.1) is 0 Å². The zero-order valence-electron chi connectivity index (χ0n) is 6.52. The van der Waals surface area contributed by atoms with Crippen molar-refractivity contribution >= 4 is 38.5 Å². The van der Waals surface area contributed by atoms with Crippen LogP contribution < -0.4 is 4.74 Å². The lowest BCUT2D eigenvalue weighted by molar-refractivity contribution is 0.145. The maximum atomic E-state index is 12.5. The van der Waals surface area contributed by atoms with E-state index in [-0.39, 0.29) is 11.4 Å². The van der Waals surface area contributed by atoms with Gasteiger partial charge in [-0.05, 0) is 38.5 Å². The lowest BCUT2D eigenvalue weighted by Crippen LogP contribution is -1.98. The first-order valence-corrected chi connectivity index (χ1v) is 5.11. The SMILES string of the molecule is COc1ncc(I)c(Br)c1C(F)F. The number of methoxy groups -OCH3 is 1. The highest BCUT2D eigenvalue weighted by Crippen LogP contribution is 2.36. The van der Waals surface area contributed by atoms with Crippen molar-refractivity contribution in [2.24, 2.45) is 0 Å². The van der Waals surface area contributed by atoms with Gasteiger partial charge in [0.25, 0.3) is 6.43 Å². The fraction of sp³-hybridized carbons (Fsp3) is 0.286. The first-order chi connectivity index (χ1) is 6.07. The molecule has 2 nitrogen and oxygen atoms in total. The van der Waals surface area contributed by atoms with E-state index in [2.05, 4.69) is 20.9 Å². The van der Waals surface area contributed by atoms with Crippen molar-refractivity contribution in [1.82, 2.24) is 4.98 Å². The van der Waals surface area contributed by atoms with Gasteiger partial charge in [-0.3, -0.25) is 0 Å². The highest BCUT2D eigenvalue weighted by atomic mass is 127. The zero-order valence-corrected chi connectivity index (χ0v) is 10.3. The lowest BCUT2D eigenvalue weighted by Gasteiger charge is -2.09. The molecule has 0 N–H and O–H groups in total. The fourth-order valence-corrected chi connectivity index (χ4v) is 1.69. The molecule has 0 spiro atoms. The van der Waals surface area contributed by atoms with Crippen LogP contribution in [0.15, 0.2) is 10.7 Å². The van der Waals surface area contributed by atoms with Crippen LogP contribution in [0.3, 0.4) is 0 Å². The third-order valence-corrected chi connectivity index (χ3v) is 3.80. The monoisotopic (exact) mass is 363 g/mol. The summed E-state index contributed by atoms with van der Waals surface area (Å²) in [5.74, 6) is -0.0395. The van der Waals surface area contributed by atoms with Crippen LogP contribution in [0.4, 0.5) is 8.78 Å². The average molecular weight is 364 g/mol. The van der Waals surface area contributed by atoms with Gasteiger partial charge in [0.1, 0.15) is 0 Å². The van der Waals surface area contributed by atoms with E-state index in [9.17, 15) is 8.78 Å². The number of pyridine rings is 1. The van der Waals surface area contributed by atoms with Crippen molar-refractivity contribution in [1.29, 1.82) is 0 Å². The Balaban J connectivity index is 3.32. The molecule has 0 aliphatic heterocycles. The average Bonchev–Trinajstić information content (AvgIpc) is 2.08. The minimum Gasteiger partial charge on any atom is -0.481 e. The van der Waals surface area contributed by atoms with Crippen LogP contribution in [-0.2, 0) is 0 Å². The molecule has 0 fully saturated rings. The molecular formula is C7H5BrF2INO. The molecule has 0 aliphatic rings. The van der Waals surface area contributed by atoms with Gasteiger partial charge in [-0.2, -0.15) is 0 Å². The Hall–Kier alpha value is 0.0200. The fourth-order valence-electron chi connectivity index (χ4n) is 0.816. The maximum absolute atomic E-state index is 12.5. The standard InChI is InChI=1S/C7H5BrF2INO/c1-13-7-4(6(9)10)5(8)3(11)2-12-7/h2,6H,1H3. The minimum atomic E-state index is -2.59. The molecular weight excluding hydrogens is 359 g/mol. The molecule has 72 valence electrons. The predicted molar refractivity (Wildman–Crippen MR) is 56.2 cm³/mol. The Morgan fingerprint density at radius 1 is 1.62 bits per heavy atom. The Kier molecular flexibility index (Phi) is 3.84. The summed E-state index contributed by atoms with van der Waals surface area (Å²) in [5, 5.41) is 0. The van der Waals surface area contributed by atoms with Gasteiger partial charge in [0.15, 0.2) is 0 Å². The van der Waals surface area contributed by atoms with Gasteiger partial charge in [0.05, 0.1) is 12.7 Å². The van der Waals surface area contributed by atoms with E-state index >= 15 is 0 Å². The second-order valence-electron chi connectivity index (χ2n) is 2.14. The van der Waals surface area contributed by atoms with Crippen LogP contribution in [0.2, 0.25) is 0 Å². The molecule has 1 aromatic heterocycles. The van der Waals surface area contributed by atoms with Crippen LogP contribution in [0.5, 0.6) is 5.88 Å². The van der Waals surface area contributed by atoms with Crippen LogP contribution in [0, 0.1) is 3.57 Å². The van der Waals surface area contributed by atoms with E-state index < -0.39 is 6.43 Å². The van der Waals surface area contributed by atoms with Crippen LogP contribution in [0.25, 0.3) is 0 Å². The number of nitrogens with zero attached hydrogens (tertiary/aromatic N) is 1. The second-order valence-corrected chi connectivity index (χ2v) is 4.10. The van der Waals surface area contributed by atoms with Crippen molar-refractivity contribution in [3.05, 3.63) is 19.8 Å². The summed E-state index contributed by atoms with van der Waals surface area (Å²) in [7, 11) is 1.31. The number of halogens is 4. The third-order valence-electron chi connectivity index (χ3n) is 1.38. The van der Waals surface area contributed by atoms with Crippen LogP contribution in [0.1, 0.15) is 12.0 Å². The number of aromatic nitrogens is 1. The van der Waals surface area contributed by atoms with Crippen LogP contribution in [-0.4, -0.2) is 12.1 Å². The number of alkyl halides is 2. The third kappa shape index (κ3) is 2.28. The first kappa shape index (κ1) is 11.1. The molecule has 0 saturated heterocycles. The first-order valence-electron chi connectivity index (χ1n) is 3.24. The van der Waals surface area contributed by atoms with Gasteiger partial charge >= 0.3 is 0 Å². The Labute approximate surface area is 96.0 Å². The van der Waals surface area contributed by atoms with E-state index in [0.717, 1.165) is 0 Å². The van der Waals surface area contributed by atoms with Crippen molar-refractivity contribution in [2.45, 2.75) is 6.43 Å². The summed E-state index contributed by atoms with van der Waals surface area (Å²) in [6.07, 6.45) is -1.12. The molecule has 6 heteroatoms. The molecule has 0 aromatic carbocycles. The van der Waals surface area contributed by atoms with E-state index in [1.807, 2.05) is 22.6 Å². The van der Waals surface area contributed by atoms with Crippen LogP contribution >= 0.6 is 38.5 Å². The lowest BCUT2D eigenvalue weighted by atomic mass is 10.3. The van der Waals surface area contributed by atoms with Crippen molar-refractivity contribution in [2.75, 3.05) is 7.11 Å². The zero-order chi connectivity index (χ0) is 10.0. The molecule has 0 aliphatic carbocycles. The Morgan fingerprint density at radius 3 is 2.69 bits per heavy atom. The van der Waals surface area contributed by atoms with Gasteiger partial charge in [0.2, 0.25) is 5.88 Å². The van der Waals surface area contributed by atoms with E-state index in [0.29, 0.717) is 8.04 Å². The molecule has 1 heterocycles. The number of hydrogen-bond donors (Lipinski definition) is 0. The predicted octanol–water partition coefficient (Wildman–Crippen LogP) is 3.39. The van der Waals surface area contributed by atoms with E-state index in [1.165, 1.54) is 13.3 Å². The van der Waals surface area contributed by atoms with Gasteiger partial charge in [-0.25, -0.2) is 13.8 Å². The maximum Gasteiger partial charge on any atom is 0.270 e. The molecule has 0 radical (unpaired) electrons. The summed E-state index contributed by atoms with van der Waals surface area (Å²) < 4.78 is 30.7.